The van der Waals surface area contributed by atoms with Crippen LogP contribution in [0.4, 0.5) is 5.69 Å². The van der Waals surface area contributed by atoms with Crippen LogP contribution in [0.1, 0.15) is 47.7 Å². The topological polar surface area (TPSA) is 70.7 Å². The average Bonchev–Trinajstić information content (AvgIpc) is 3.32. The van der Waals surface area contributed by atoms with E-state index in [1.165, 1.54) is 28.6 Å². The second kappa shape index (κ2) is 5.79. The molecule has 24 heavy (non-hydrogen) atoms. The van der Waals surface area contributed by atoms with Crippen molar-refractivity contribution >= 4 is 11.6 Å². The van der Waals surface area contributed by atoms with Crippen molar-refractivity contribution < 1.29 is 4.79 Å². The Morgan fingerprint density at radius 3 is 2.46 bits per heavy atom. The summed E-state index contributed by atoms with van der Waals surface area (Å²) in [7, 11) is 0. The number of anilines is 1. The van der Waals surface area contributed by atoms with Crippen molar-refractivity contribution in [1.29, 1.82) is 5.26 Å². The Kier molecular flexibility index (Phi) is 3.61. The van der Waals surface area contributed by atoms with E-state index in [0.717, 1.165) is 44.2 Å². The van der Waals surface area contributed by atoms with Gasteiger partial charge in [0.15, 0.2) is 11.7 Å². The predicted octanol–water partition coefficient (Wildman–Crippen LogP) is 2.77. The summed E-state index contributed by atoms with van der Waals surface area (Å²) in [6, 6.07) is 4.85. The zero-order valence-corrected chi connectivity index (χ0v) is 13.7. The normalized spacial score (nSPS) is 15.2. The summed E-state index contributed by atoms with van der Waals surface area (Å²) in [6.07, 6.45) is 9.72. The molecule has 1 radical (unpaired) electrons. The van der Waals surface area contributed by atoms with Crippen LogP contribution in [0.3, 0.4) is 0 Å². The van der Waals surface area contributed by atoms with Crippen LogP contribution in [0.2, 0.25) is 0 Å². The van der Waals surface area contributed by atoms with Gasteiger partial charge in [-0.3, -0.25) is 4.79 Å². The van der Waals surface area contributed by atoms with Gasteiger partial charge in [0.2, 0.25) is 0 Å². The van der Waals surface area contributed by atoms with Crippen LogP contribution in [0, 0.1) is 17.4 Å². The fraction of sp³-hybridized carbons (Fsp3) is 0.368. The standard InChI is InChI=1S/C19H19N4O/c1-12(23-10-15(9-20)21-11-23)19(24)22-18-16-6-2-4-13(16)8-14-5-3-7-17(14)18/h8,10-11H,2-7H2,1H3,(H,22,24). The first-order valence-corrected chi connectivity index (χ1v) is 8.43. The van der Waals surface area contributed by atoms with Crippen LogP contribution in [0.5, 0.6) is 0 Å². The number of amides is 1. The Hall–Kier alpha value is -2.61. The molecule has 0 aliphatic heterocycles. The maximum Gasteiger partial charge on any atom is 0.253 e. The van der Waals surface area contributed by atoms with Crippen LogP contribution in [-0.2, 0) is 30.5 Å². The van der Waals surface area contributed by atoms with Gasteiger partial charge in [-0.15, -0.1) is 0 Å². The van der Waals surface area contributed by atoms with E-state index >= 15 is 0 Å². The maximum absolute atomic E-state index is 12.7. The first kappa shape index (κ1) is 14.9. The minimum Gasteiger partial charge on any atom is -0.323 e. The van der Waals surface area contributed by atoms with Gasteiger partial charge in [-0.05, 0) is 67.7 Å². The highest BCUT2D eigenvalue weighted by molar-refractivity contribution is 6.02. The molecule has 121 valence electrons. The van der Waals surface area contributed by atoms with Crippen LogP contribution in [0.15, 0.2) is 18.6 Å². The third-order valence-corrected chi connectivity index (χ3v) is 5.12. The monoisotopic (exact) mass is 319 g/mol. The van der Waals surface area contributed by atoms with Crippen molar-refractivity contribution in [2.45, 2.75) is 45.4 Å². The third kappa shape index (κ3) is 2.39. The quantitative estimate of drug-likeness (QED) is 0.945. The van der Waals surface area contributed by atoms with Crippen LogP contribution in [-0.4, -0.2) is 15.5 Å². The molecule has 2 aliphatic carbocycles. The van der Waals surface area contributed by atoms with Gasteiger partial charge in [-0.1, -0.05) is 6.07 Å². The molecule has 2 aromatic rings. The predicted molar refractivity (Wildman–Crippen MR) is 90.4 cm³/mol. The van der Waals surface area contributed by atoms with E-state index in [0.29, 0.717) is 11.7 Å². The molecule has 1 N–H and O–H groups in total. The summed E-state index contributed by atoms with van der Waals surface area (Å²) >= 11 is 0. The highest BCUT2D eigenvalue weighted by atomic mass is 16.2. The van der Waals surface area contributed by atoms with Gasteiger partial charge in [0.1, 0.15) is 6.07 Å². The van der Waals surface area contributed by atoms with Crippen LogP contribution in [0.25, 0.3) is 0 Å². The summed E-state index contributed by atoms with van der Waals surface area (Å²) in [4.78, 5) is 16.7. The van der Waals surface area contributed by atoms with E-state index < -0.39 is 0 Å². The summed E-state index contributed by atoms with van der Waals surface area (Å²) in [5.41, 5.74) is 6.79. The van der Waals surface area contributed by atoms with Gasteiger partial charge in [0.05, 0.1) is 6.33 Å². The molecule has 0 atom stereocenters. The number of aromatic nitrogens is 2. The number of carbonyl (C=O) groups excluding carboxylic acids is 1. The molecule has 0 saturated carbocycles. The number of rotatable bonds is 3. The molecule has 0 bridgehead atoms. The van der Waals surface area contributed by atoms with Crippen molar-refractivity contribution in [3.63, 3.8) is 0 Å². The van der Waals surface area contributed by atoms with Crippen molar-refractivity contribution in [2.24, 2.45) is 0 Å². The van der Waals surface area contributed by atoms with E-state index in [2.05, 4.69) is 16.4 Å². The lowest BCUT2D eigenvalue weighted by atomic mass is 9.98. The first-order chi connectivity index (χ1) is 11.7. The molecule has 2 aliphatic rings. The van der Waals surface area contributed by atoms with Crippen molar-refractivity contribution in [3.05, 3.63) is 52.6 Å². The molecule has 5 heteroatoms. The highest BCUT2D eigenvalue weighted by Crippen LogP contribution is 2.38. The minimum atomic E-state index is -0.133. The SMILES string of the molecule is C[C](C(=O)Nc1c2c(cc3c1CCC3)CCC2)n1cnc(C#N)c1. The molecule has 0 fully saturated rings. The lowest BCUT2D eigenvalue weighted by molar-refractivity contribution is -0.114. The molecular weight excluding hydrogens is 300 g/mol. The Balaban J connectivity index is 1.64. The second-order valence-corrected chi connectivity index (χ2v) is 6.55. The molecule has 1 aromatic heterocycles. The smallest absolute Gasteiger partial charge is 0.253 e. The average molecular weight is 319 g/mol. The zero-order valence-electron chi connectivity index (χ0n) is 13.7. The van der Waals surface area contributed by atoms with E-state index in [1.807, 2.05) is 6.07 Å². The van der Waals surface area contributed by atoms with Crippen LogP contribution >= 0.6 is 0 Å². The molecule has 5 nitrogen and oxygen atoms in total. The summed E-state index contributed by atoms with van der Waals surface area (Å²) in [6.45, 7) is 1.75. The first-order valence-electron chi connectivity index (χ1n) is 8.43. The number of imidazole rings is 1. The summed E-state index contributed by atoms with van der Waals surface area (Å²) in [5, 5.41) is 12.0. The summed E-state index contributed by atoms with van der Waals surface area (Å²) in [5.74, 6) is -0.133. The van der Waals surface area contributed by atoms with Gasteiger partial charge in [0, 0.05) is 11.9 Å². The largest absolute Gasteiger partial charge is 0.323 e. The Morgan fingerprint density at radius 2 is 1.88 bits per heavy atom. The zero-order chi connectivity index (χ0) is 16.7. The number of nitrogens with zero attached hydrogens (tertiary/aromatic N) is 3. The van der Waals surface area contributed by atoms with Crippen molar-refractivity contribution in [1.82, 2.24) is 9.55 Å². The number of hydrogen-bond donors (Lipinski definition) is 1. The van der Waals surface area contributed by atoms with E-state index in [4.69, 9.17) is 5.26 Å². The molecule has 1 heterocycles. The molecule has 1 amide bonds. The fourth-order valence-corrected chi connectivity index (χ4v) is 3.85. The van der Waals surface area contributed by atoms with Gasteiger partial charge >= 0.3 is 0 Å². The number of nitrogens with one attached hydrogen (secondary N) is 1. The molecule has 1 aromatic carbocycles. The van der Waals surface area contributed by atoms with Crippen molar-refractivity contribution in [3.8, 4) is 6.07 Å². The number of carbonyl (C=O) groups is 1. The van der Waals surface area contributed by atoms with E-state index in [-0.39, 0.29) is 5.91 Å². The van der Waals surface area contributed by atoms with E-state index in [9.17, 15) is 4.79 Å². The molecule has 0 saturated heterocycles. The van der Waals surface area contributed by atoms with Gasteiger partial charge in [0.25, 0.3) is 5.91 Å². The molecule has 0 unspecified atom stereocenters. The lowest BCUT2D eigenvalue weighted by Gasteiger charge is -2.18. The molecular formula is C19H19N4O. The van der Waals surface area contributed by atoms with Crippen molar-refractivity contribution in [2.75, 3.05) is 5.32 Å². The van der Waals surface area contributed by atoms with Gasteiger partial charge < -0.3 is 9.88 Å². The lowest BCUT2D eigenvalue weighted by Crippen LogP contribution is -2.25. The number of benzene rings is 1. The number of fused-ring (bicyclic) bond motifs is 2. The maximum atomic E-state index is 12.7. The Labute approximate surface area is 141 Å². The fourth-order valence-electron chi connectivity index (χ4n) is 3.85. The molecule has 4 rings (SSSR count). The van der Waals surface area contributed by atoms with Gasteiger partial charge in [-0.25, -0.2) is 4.98 Å². The van der Waals surface area contributed by atoms with Crippen LogP contribution < -0.4 is 5.32 Å². The molecule has 0 spiro atoms. The number of hydrogen-bond acceptors (Lipinski definition) is 3. The summed E-state index contributed by atoms with van der Waals surface area (Å²) < 4.78 is 1.61. The minimum absolute atomic E-state index is 0.133. The Bertz CT molecular complexity index is 827. The van der Waals surface area contributed by atoms with Gasteiger partial charge in [-0.2, -0.15) is 5.26 Å². The Morgan fingerprint density at radius 1 is 1.21 bits per heavy atom. The number of nitriles is 1. The van der Waals surface area contributed by atoms with E-state index in [1.54, 1.807) is 17.7 Å². The third-order valence-electron chi connectivity index (χ3n) is 5.12. The highest BCUT2D eigenvalue weighted by Gasteiger charge is 2.26. The second-order valence-electron chi connectivity index (χ2n) is 6.55. The number of aryl methyl sites for hydroxylation is 2.